The third kappa shape index (κ3) is 2.18. The Morgan fingerprint density at radius 1 is 1.19 bits per heavy atom. The molecule has 3 heterocycles. The molecule has 112 valence electrons. The number of ether oxygens (including phenoxy) is 1. The molecule has 3 aliphatic heterocycles. The molecule has 2 saturated carbocycles. The zero-order valence-corrected chi connectivity index (χ0v) is 11.7. The molecule has 4 bridgehead atoms. The first-order chi connectivity index (χ1) is 10.0. The van der Waals surface area contributed by atoms with Crippen molar-refractivity contribution in [2.24, 2.45) is 11.8 Å². The third-order valence-corrected chi connectivity index (χ3v) is 5.06. The van der Waals surface area contributed by atoms with Crippen LogP contribution in [0.15, 0.2) is 12.2 Å². The van der Waals surface area contributed by atoms with Gasteiger partial charge in [-0.1, -0.05) is 0 Å². The minimum Gasteiger partial charge on any atom is -0.353 e. The van der Waals surface area contributed by atoms with Crippen molar-refractivity contribution in [3.63, 3.8) is 0 Å². The van der Waals surface area contributed by atoms with Crippen molar-refractivity contribution in [3.8, 4) is 0 Å². The number of rotatable bonds is 3. The lowest BCUT2D eigenvalue weighted by Crippen LogP contribution is -2.64. The fourth-order valence-electron chi connectivity index (χ4n) is 4.52. The van der Waals surface area contributed by atoms with Crippen LogP contribution in [0.3, 0.4) is 0 Å². The number of hydrogen-bond acceptors (Lipinski definition) is 4. The topological polar surface area (TPSA) is 75.7 Å². The Balaban J connectivity index is 1.43. The van der Waals surface area contributed by atoms with Gasteiger partial charge in [-0.3, -0.25) is 19.3 Å². The first-order valence-corrected chi connectivity index (χ1v) is 7.55. The number of nitrogens with zero attached hydrogens (tertiary/aromatic N) is 1. The molecule has 0 aromatic rings. The highest BCUT2D eigenvalue weighted by atomic mass is 16.5. The molecule has 6 nitrogen and oxygen atoms in total. The van der Waals surface area contributed by atoms with Gasteiger partial charge >= 0.3 is 0 Å². The van der Waals surface area contributed by atoms with E-state index >= 15 is 0 Å². The number of carbonyl (C=O) groups is 3. The maximum Gasteiger partial charge on any atom is 0.254 e. The minimum absolute atomic E-state index is 0.226. The number of nitrogens with one attached hydrogen (secondary N) is 1. The fourth-order valence-corrected chi connectivity index (χ4v) is 4.52. The summed E-state index contributed by atoms with van der Waals surface area (Å²) in [6.07, 6.45) is 7.78. The average molecular weight is 290 g/mol. The predicted octanol–water partition coefficient (Wildman–Crippen LogP) is 0.333. The average Bonchev–Trinajstić information content (AvgIpc) is 2.68. The summed E-state index contributed by atoms with van der Waals surface area (Å²) in [6, 6.07) is 0. The van der Waals surface area contributed by atoms with Crippen LogP contribution in [0.1, 0.15) is 32.1 Å². The smallest absolute Gasteiger partial charge is 0.254 e. The molecule has 4 fully saturated rings. The summed E-state index contributed by atoms with van der Waals surface area (Å²) in [4.78, 5) is 36.1. The highest BCUT2D eigenvalue weighted by molar-refractivity contribution is 6.14. The molecular formula is C15H18N2O4. The molecule has 2 unspecified atom stereocenters. The van der Waals surface area contributed by atoms with Gasteiger partial charge in [-0.2, -0.15) is 0 Å². The van der Waals surface area contributed by atoms with Crippen LogP contribution in [0.25, 0.3) is 0 Å². The summed E-state index contributed by atoms with van der Waals surface area (Å²) in [6.45, 7) is -0.226. The summed E-state index contributed by atoms with van der Waals surface area (Å²) in [5.41, 5.74) is -0.564. The van der Waals surface area contributed by atoms with Gasteiger partial charge in [0.1, 0.15) is 12.3 Å². The van der Waals surface area contributed by atoms with Gasteiger partial charge in [0, 0.05) is 12.2 Å². The number of hydrogen-bond donors (Lipinski definition) is 1. The van der Waals surface area contributed by atoms with Crippen molar-refractivity contribution < 1.29 is 19.1 Å². The van der Waals surface area contributed by atoms with Crippen LogP contribution in [0.4, 0.5) is 0 Å². The van der Waals surface area contributed by atoms with Gasteiger partial charge < -0.3 is 10.1 Å². The highest BCUT2D eigenvalue weighted by Crippen LogP contribution is 2.51. The van der Waals surface area contributed by atoms with E-state index in [1.54, 1.807) is 0 Å². The molecule has 6 heteroatoms. The molecule has 2 saturated heterocycles. The third-order valence-electron chi connectivity index (χ3n) is 5.06. The van der Waals surface area contributed by atoms with E-state index in [2.05, 4.69) is 5.32 Å². The Kier molecular flexibility index (Phi) is 2.73. The van der Waals surface area contributed by atoms with Gasteiger partial charge in [-0.15, -0.1) is 0 Å². The maximum atomic E-state index is 12.2. The first-order valence-electron chi connectivity index (χ1n) is 7.55. The van der Waals surface area contributed by atoms with E-state index in [1.807, 2.05) is 0 Å². The number of imide groups is 1. The first kappa shape index (κ1) is 13.0. The van der Waals surface area contributed by atoms with Crippen LogP contribution in [0, 0.1) is 11.8 Å². The highest BCUT2D eigenvalue weighted by Gasteiger charge is 2.52. The van der Waals surface area contributed by atoms with Gasteiger partial charge in [0.05, 0.1) is 6.10 Å². The lowest BCUT2D eigenvalue weighted by Gasteiger charge is -2.56. The Bertz CT molecular complexity index is 501. The molecule has 1 N–H and O–H groups in total. The Hall–Kier alpha value is -1.69. The molecule has 0 radical (unpaired) electrons. The van der Waals surface area contributed by atoms with Crippen molar-refractivity contribution >= 4 is 17.7 Å². The second-order valence-corrected chi connectivity index (χ2v) is 6.73. The van der Waals surface area contributed by atoms with Crippen LogP contribution in [0.2, 0.25) is 0 Å². The minimum atomic E-state index is -0.564. The van der Waals surface area contributed by atoms with Crippen LogP contribution in [0.5, 0.6) is 0 Å². The largest absolute Gasteiger partial charge is 0.353 e. The predicted molar refractivity (Wildman–Crippen MR) is 71.7 cm³/mol. The second kappa shape index (κ2) is 4.40. The summed E-state index contributed by atoms with van der Waals surface area (Å²) >= 11 is 0. The van der Waals surface area contributed by atoms with E-state index in [0.29, 0.717) is 11.8 Å². The normalized spacial score (nSPS) is 40.2. The van der Waals surface area contributed by atoms with Crippen LogP contribution in [-0.4, -0.2) is 41.0 Å². The molecule has 0 aromatic carbocycles. The molecule has 0 aromatic heterocycles. The van der Waals surface area contributed by atoms with Crippen molar-refractivity contribution in [1.82, 2.24) is 10.2 Å². The lowest BCUT2D eigenvalue weighted by atomic mass is 9.65. The molecular weight excluding hydrogens is 272 g/mol. The van der Waals surface area contributed by atoms with Crippen LogP contribution in [-0.2, 0) is 19.1 Å². The molecule has 2 atom stereocenters. The zero-order valence-electron chi connectivity index (χ0n) is 11.7. The molecule has 0 spiro atoms. The quantitative estimate of drug-likeness (QED) is 0.760. The summed E-state index contributed by atoms with van der Waals surface area (Å²) in [5, 5.41) is 2.96. The number of amides is 3. The van der Waals surface area contributed by atoms with Crippen LogP contribution >= 0.6 is 0 Å². The molecule has 3 amide bonds. The SMILES string of the molecule is O=C(CN1C(=O)C=CC1=O)NC12CC3CC(CC(C3)O1)C2. The van der Waals surface area contributed by atoms with E-state index in [1.165, 1.54) is 18.6 Å². The molecule has 21 heavy (non-hydrogen) atoms. The van der Waals surface area contributed by atoms with E-state index < -0.39 is 17.5 Å². The van der Waals surface area contributed by atoms with E-state index in [9.17, 15) is 14.4 Å². The van der Waals surface area contributed by atoms with Crippen molar-refractivity contribution in [3.05, 3.63) is 12.2 Å². The van der Waals surface area contributed by atoms with Gasteiger partial charge in [0.15, 0.2) is 0 Å². The van der Waals surface area contributed by atoms with E-state index in [4.69, 9.17) is 4.74 Å². The molecule has 5 rings (SSSR count). The Morgan fingerprint density at radius 2 is 1.81 bits per heavy atom. The summed E-state index contributed by atoms with van der Waals surface area (Å²) in [5.74, 6) is 0.0899. The van der Waals surface area contributed by atoms with Crippen molar-refractivity contribution in [2.45, 2.75) is 43.9 Å². The monoisotopic (exact) mass is 290 g/mol. The van der Waals surface area contributed by atoms with Crippen LogP contribution < -0.4 is 5.32 Å². The van der Waals surface area contributed by atoms with Gasteiger partial charge in [0.2, 0.25) is 5.91 Å². The van der Waals surface area contributed by atoms with E-state index in [-0.39, 0.29) is 18.6 Å². The summed E-state index contributed by atoms with van der Waals surface area (Å²) < 4.78 is 6.06. The van der Waals surface area contributed by atoms with E-state index in [0.717, 1.165) is 30.6 Å². The molecule has 2 aliphatic carbocycles. The molecule has 5 aliphatic rings. The fraction of sp³-hybridized carbons (Fsp3) is 0.667. The van der Waals surface area contributed by atoms with Gasteiger partial charge in [-0.05, 0) is 43.9 Å². The summed E-state index contributed by atoms with van der Waals surface area (Å²) in [7, 11) is 0. The second-order valence-electron chi connectivity index (χ2n) is 6.73. The Labute approximate surface area is 122 Å². The van der Waals surface area contributed by atoms with Gasteiger partial charge in [0.25, 0.3) is 11.8 Å². The van der Waals surface area contributed by atoms with Crippen molar-refractivity contribution in [2.75, 3.05) is 6.54 Å². The van der Waals surface area contributed by atoms with Crippen molar-refractivity contribution in [1.29, 1.82) is 0 Å². The number of carbonyl (C=O) groups excluding carboxylic acids is 3. The lowest BCUT2D eigenvalue weighted by molar-refractivity contribution is -0.233. The van der Waals surface area contributed by atoms with Gasteiger partial charge in [-0.25, -0.2) is 0 Å². The zero-order chi connectivity index (χ0) is 14.6. The Morgan fingerprint density at radius 3 is 2.38 bits per heavy atom. The standard InChI is InChI=1S/C15H18N2O4/c18-12(8-17-13(19)1-2-14(17)20)16-15-6-9-3-10(7-15)5-11(4-9)21-15/h1-2,9-11H,3-8H2,(H,16,18). The maximum absolute atomic E-state index is 12.2.